The predicted octanol–water partition coefficient (Wildman–Crippen LogP) is 5.05. The first-order valence-electron chi connectivity index (χ1n) is 5.52. The number of nitrogens with zero attached hydrogens (tertiary/aromatic N) is 1. The van der Waals surface area contributed by atoms with Gasteiger partial charge in [-0.2, -0.15) is 4.37 Å². The van der Waals surface area contributed by atoms with Gasteiger partial charge in [-0.15, -0.1) is 0 Å². The fourth-order valence-corrected chi connectivity index (χ4v) is 2.62. The highest BCUT2D eigenvalue weighted by Crippen LogP contribution is 2.35. The Labute approximate surface area is 114 Å². The van der Waals surface area contributed by atoms with E-state index in [1.165, 1.54) is 11.5 Å². The molecule has 0 aliphatic carbocycles. The summed E-state index contributed by atoms with van der Waals surface area (Å²) in [6, 6.07) is 13.6. The van der Waals surface area contributed by atoms with Crippen molar-refractivity contribution in [3.8, 4) is 10.8 Å². The number of benzene rings is 2. The lowest BCUT2D eigenvalue weighted by molar-refractivity contribution is 0.497. The predicted molar refractivity (Wildman–Crippen MR) is 75.9 cm³/mol. The van der Waals surface area contributed by atoms with Crippen molar-refractivity contribution in [1.82, 2.24) is 4.37 Å². The molecule has 0 aliphatic rings. The third-order valence-corrected chi connectivity index (χ3v) is 3.70. The lowest BCUT2D eigenvalue weighted by Gasteiger charge is -2.06. The zero-order valence-corrected chi connectivity index (χ0v) is 11.3. The molecule has 1 aromatic heterocycles. The monoisotopic (exact) mass is 275 g/mol. The minimum Gasteiger partial charge on any atom is -0.444 e. The molecule has 2 nitrogen and oxygen atoms in total. The Balaban J connectivity index is 2.04. The van der Waals surface area contributed by atoms with E-state index < -0.39 is 0 Å². The zero-order chi connectivity index (χ0) is 12.5. The van der Waals surface area contributed by atoms with Crippen LogP contribution in [0.15, 0.2) is 42.5 Å². The molecule has 0 unspecified atom stereocenters. The lowest BCUT2D eigenvalue weighted by Crippen LogP contribution is -1.85. The standard InChI is InChI=1S/C14H10ClNOS/c1-9-6-7-10(15)8-13(9)17-14-11-4-2-3-5-12(11)16-18-14/h2-8H,1H3. The number of aromatic nitrogens is 1. The maximum Gasteiger partial charge on any atom is 0.207 e. The number of aryl methyl sites for hydroxylation is 1. The maximum atomic E-state index is 5.98. The Bertz CT molecular complexity index is 708. The molecule has 3 aromatic rings. The SMILES string of the molecule is Cc1ccc(Cl)cc1Oc1snc2ccccc12. The molecule has 0 bridgehead atoms. The molecular weight excluding hydrogens is 266 g/mol. The van der Waals surface area contributed by atoms with Gasteiger partial charge < -0.3 is 4.74 Å². The lowest BCUT2D eigenvalue weighted by atomic mass is 10.2. The van der Waals surface area contributed by atoms with Gasteiger partial charge in [-0.3, -0.25) is 0 Å². The minimum absolute atomic E-state index is 0.671. The molecule has 0 atom stereocenters. The largest absolute Gasteiger partial charge is 0.444 e. The second-order valence-corrected chi connectivity index (χ2v) is 5.17. The van der Waals surface area contributed by atoms with Gasteiger partial charge in [0.15, 0.2) is 0 Å². The van der Waals surface area contributed by atoms with Crippen LogP contribution in [-0.4, -0.2) is 4.37 Å². The van der Waals surface area contributed by atoms with E-state index >= 15 is 0 Å². The second kappa shape index (κ2) is 4.59. The van der Waals surface area contributed by atoms with Crippen molar-refractivity contribution >= 4 is 34.0 Å². The number of hydrogen-bond acceptors (Lipinski definition) is 3. The molecule has 90 valence electrons. The van der Waals surface area contributed by atoms with E-state index in [1.807, 2.05) is 49.4 Å². The topological polar surface area (TPSA) is 22.1 Å². The highest BCUT2D eigenvalue weighted by molar-refractivity contribution is 7.09. The molecule has 0 aliphatic heterocycles. The first kappa shape index (κ1) is 11.5. The number of halogens is 1. The van der Waals surface area contributed by atoms with Gasteiger partial charge in [0.2, 0.25) is 5.06 Å². The van der Waals surface area contributed by atoms with Crippen molar-refractivity contribution < 1.29 is 4.74 Å². The van der Waals surface area contributed by atoms with Crippen LogP contribution >= 0.6 is 23.1 Å². The quantitative estimate of drug-likeness (QED) is 0.653. The van der Waals surface area contributed by atoms with E-state index in [1.54, 1.807) is 0 Å². The highest BCUT2D eigenvalue weighted by atomic mass is 35.5. The van der Waals surface area contributed by atoms with Gasteiger partial charge in [0.05, 0.1) is 10.9 Å². The summed E-state index contributed by atoms with van der Waals surface area (Å²) in [5, 5.41) is 2.50. The fourth-order valence-electron chi connectivity index (χ4n) is 1.72. The van der Waals surface area contributed by atoms with Crippen molar-refractivity contribution in [3.63, 3.8) is 0 Å². The van der Waals surface area contributed by atoms with E-state index in [0.29, 0.717) is 5.02 Å². The van der Waals surface area contributed by atoms with E-state index in [9.17, 15) is 0 Å². The van der Waals surface area contributed by atoms with Crippen LogP contribution in [0.1, 0.15) is 5.56 Å². The molecule has 2 aromatic carbocycles. The molecule has 0 N–H and O–H groups in total. The molecule has 0 spiro atoms. The molecule has 1 heterocycles. The molecule has 0 fully saturated rings. The Kier molecular flexibility index (Phi) is 2.94. The Hall–Kier alpha value is -1.58. The number of rotatable bonds is 2. The molecule has 0 saturated carbocycles. The van der Waals surface area contributed by atoms with Gasteiger partial charge in [0, 0.05) is 16.6 Å². The first-order valence-corrected chi connectivity index (χ1v) is 6.67. The van der Waals surface area contributed by atoms with Crippen LogP contribution in [0.25, 0.3) is 10.9 Å². The van der Waals surface area contributed by atoms with Gasteiger partial charge in [0.1, 0.15) is 5.75 Å². The van der Waals surface area contributed by atoms with E-state index in [-0.39, 0.29) is 0 Å². The summed E-state index contributed by atoms with van der Waals surface area (Å²) >= 11 is 7.34. The summed E-state index contributed by atoms with van der Waals surface area (Å²) in [6.45, 7) is 1.99. The molecule has 18 heavy (non-hydrogen) atoms. The Morgan fingerprint density at radius 2 is 2.00 bits per heavy atom. The number of ether oxygens (including phenoxy) is 1. The van der Waals surface area contributed by atoms with Gasteiger partial charge in [-0.1, -0.05) is 29.8 Å². The van der Waals surface area contributed by atoms with Crippen LogP contribution in [0.4, 0.5) is 0 Å². The van der Waals surface area contributed by atoms with Crippen molar-refractivity contribution in [2.45, 2.75) is 6.92 Å². The smallest absolute Gasteiger partial charge is 0.207 e. The minimum atomic E-state index is 0.671. The molecule has 0 saturated heterocycles. The fraction of sp³-hybridized carbons (Fsp3) is 0.0714. The van der Waals surface area contributed by atoms with Crippen LogP contribution in [0, 0.1) is 6.92 Å². The molecule has 4 heteroatoms. The molecular formula is C14H10ClNOS. The zero-order valence-electron chi connectivity index (χ0n) is 9.68. The van der Waals surface area contributed by atoms with Gasteiger partial charge in [-0.05, 0) is 36.8 Å². The van der Waals surface area contributed by atoms with Gasteiger partial charge in [0.25, 0.3) is 0 Å². The second-order valence-electron chi connectivity index (χ2n) is 4.00. The average molecular weight is 276 g/mol. The first-order chi connectivity index (χ1) is 8.74. The summed E-state index contributed by atoms with van der Waals surface area (Å²) < 4.78 is 10.3. The number of hydrogen-bond donors (Lipinski definition) is 0. The molecule has 0 radical (unpaired) electrons. The van der Waals surface area contributed by atoms with E-state index in [4.69, 9.17) is 16.3 Å². The van der Waals surface area contributed by atoms with Crippen molar-refractivity contribution in [3.05, 3.63) is 53.1 Å². The summed E-state index contributed by atoms with van der Waals surface area (Å²) in [5.74, 6) is 0.775. The average Bonchev–Trinajstić information content (AvgIpc) is 2.78. The summed E-state index contributed by atoms with van der Waals surface area (Å²) in [6.07, 6.45) is 0. The van der Waals surface area contributed by atoms with Crippen LogP contribution in [0.3, 0.4) is 0 Å². The van der Waals surface area contributed by atoms with Crippen LogP contribution in [-0.2, 0) is 0 Å². The van der Waals surface area contributed by atoms with Crippen molar-refractivity contribution in [2.24, 2.45) is 0 Å². The summed E-state index contributed by atoms with van der Waals surface area (Å²) in [4.78, 5) is 0. The van der Waals surface area contributed by atoms with Crippen molar-refractivity contribution in [2.75, 3.05) is 0 Å². The Morgan fingerprint density at radius 3 is 2.89 bits per heavy atom. The van der Waals surface area contributed by atoms with Crippen LogP contribution < -0.4 is 4.74 Å². The molecule has 3 rings (SSSR count). The van der Waals surface area contributed by atoms with E-state index in [0.717, 1.165) is 27.3 Å². The Morgan fingerprint density at radius 1 is 1.17 bits per heavy atom. The number of fused-ring (bicyclic) bond motifs is 1. The third-order valence-electron chi connectivity index (χ3n) is 2.70. The summed E-state index contributed by atoms with van der Waals surface area (Å²) in [5.41, 5.74) is 2.01. The molecule has 0 amide bonds. The van der Waals surface area contributed by atoms with Gasteiger partial charge >= 0.3 is 0 Å². The van der Waals surface area contributed by atoms with Crippen LogP contribution in [0.5, 0.6) is 10.8 Å². The normalized spacial score (nSPS) is 10.8. The van der Waals surface area contributed by atoms with E-state index in [2.05, 4.69) is 4.37 Å². The summed E-state index contributed by atoms with van der Waals surface area (Å²) in [7, 11) is 0. The van der Waals surface area contributed by atoms with Crippen molar-refractivity contribution in [1.29, 1.82) is 0 Å². The third kappa shape index (κ3) is 2.07. The van der Waals surface area contributed by atoms with Crippen LogP contribution in [0.2, 0.25) is 5.02 Å². The highest BCUT2D eigenvalue weighted by Gasteiger charge is 2.09. The maximum absolute atomic E-state index is 5.98. The van der Waals surface area contributed by atoms with Gasteiger partial charge in [-0.25, -0.2) is 0 Å².